The maximum absolute atomic E-state index is 11.5. The average molecular weight is 349 g/mol. The zero-order valence-electron chi connectivity index (χ0n) is 13.3. The van der Waals surface area contributed by atoms with Gasteiger partial charge < -0.3 is 9.47 Å². The second-order valence-electron chi connectivity index (χ2n) is 5.41. The first-order valence-corrected chi connectivity index (χ1v) is 10.8. The number of carbonyl (C=O) groups is 2. The molecule has 1 aliphatic heterocycles. The lowest BCUT2D eigenvalue weighted by molar-refractivity contribution is -0.150. The van der Waals surface area contributed by atoms with Crippen LogP contribution in [0, 0.1) is 0 Å². The van der Waals surface area contributed by atoms with Crippen LogP contribution in [0.3, 0.4) is 0 Å². The van der Waals surface area contributed by atoms with E-state index in [0.29, 0.717) is 13.2 Å². The Morgan fingerprint density at radius 3 is 1.45 bits per heavy atom. The summed E-state index contributed by atoms with van der Waals surface area (Å²) in [6.45, 7) is 0.936. The van der Waals surface area contributed by atoms with E-state index in [1.54, 1.807) is 0 Å². The van der Waals surface area contributed by atoms with Crippen molar-refractivity contribution in [1.82, 2.24) is 0 Å². The van der Waals surface area contributed by atoms with Crippen LogP contribution in [0.4, 0.5) is 0 Å². The summed E-state index contributed by atoms with van der Waals surface area (Å²) >= 11 is 0. The van der Waals surface area contributed by atoms with Crippen LogP contribution in [0.25, 0.3) is 0 Å². The standard InChI is InChI=1S/C16H28O4S2/c17-15-9-10-16(18)20-12-6-2-4-8-14-22-21-13-7-3-1-5-11-19-15/h1-14H2. The largest absolute Gasteiger partial charge is 0.466 e. The first-order valence-electron chi connectivity index (χ1n) is 8.34. The van der Waals surface area contributed by atoms with Crippen molar-refractivity contribution in [3.8, 4) is 0 Å². The van der Waals surface area contributed by atoms with Gasteiger partial charge in [-0.05, 0) is 25.7 Å². The zero-order chi connectivity index (χ0) is 15.9. The van der Waals surface area contributed by atoms with Gasteiger partial charge in [0.1, 0.15) is 0 Å². The van der Waals surface area contributed by atoms with Gasteiger partial charge in [0.15, 0.2) is 0 Å². The molecule has 0 aromatic carbocycles. The molecule has 1 heterocycles. The maximum Gasteiger partial charge on any atom is 0.306 e. The molecule has 0 bridgehead atoms. The van der Waals surface area contributed by atoms with E-state index < -0.39 is 0 Å². The summed E-state index contributed by atoms with van der Waals surface area (Å²) in [7, 11) is 3.93. The van der Waals surface area contributed by atoms with Crippen LogP contribution >= 0.6 is 21.6 Å². The predicted molar refractivity (Wildman–Crippen MR) is 93.0 cm³/mol. The molecular formula is C16H28O4S2. The lowest BCUT2D eigenvalue weighted by atomic mass is 10.2. The Bertz CT molecular complexity index is 281. The van der Waals surface area contributed by atoms with E-state index in [0.717, 1.165) is 25.7 Å². The van der Waals surface area contributed by atoms with Crippen molar-refractivity contribution in [2.75, 3.05) is 24.7 Å². The summed E-state index contributed by atoms with van der Waals surface area (Å²) in [5.74, 6) is 1.83. The number of esters is 2. The van der Waals surface area contributed by atoms with Crippen LogP contribution in [-0.2, 0) is 19.1 Å². The Balaban J connectivity index is 2.19. The normalized spacial score (nSPS) is 22.4. The first-order chi connectivity index (χ1) is 10.8. The molecule has 0 aromatic rings. The van der Waals surface area contributed by atoms with Gasteiger partial charge in [-0.2, -0.15) is 0 Å². The fourth-order valence-electron chi connectivity index (χ4n) is 2.07. The van der Waals surface area contributed by atoms with E-state index in [-0.39, 0.29) is 24.8 Å². The monoisotopic (exact) mass is 348 g/mol. The maximum atomic E-state index is 11.5. The van der Waals surface area contributed by atoms with Crippen molar-refractivity contribution in [2.45, 2.75) is 64.2 Å². The molecule has 22 heavy (non-hydrogen) atoms. The molecule has 128 valence electrons. The number of ether oxygens (including phenoxy) is 2. The molecule has 1 rings (SSSR count). The van der Waals surface area contributed by atoms with Crippen molar-refractivity contribution in [3.63, 3.8) is 0 Å². The van der Waals surface area contributed by atoms with E-state index >= 15 is 0 Å². The minimum Gasteiger partial charge on any atom is -0.466 e. The highest BCUT2D eigenvalue weighted by Gasteiger charge is 2.09. The summed E-state index contributed by atoms with van der Waals surface area (Å²) in [5, 5.41) is 0. The Kier molecular flexibility index (Phi) is 12.7. The van der Waals surface area contributed by atoms with Crippen molar-refractivity contribution in [3.05, 3.63) is 0 Å². The highest BCUT2D eigenvalue weighted by Crippen LogP contribution is 2.24. The zero-order valence-corrected chi connectivity index (χ0v) is 15.0. The van der Waals surface area contributed by atoms with E-state index in [2.05, 4.69) is 0 Å². The summed E-state index contributed by atoms with van der Waals surface area (Å²) in [4.78, 5) is 22.9. The highest BCUT2D eigenvalue weighted by molar-refractivity contribution is 8.76. The number of rotatable bonds is 0. The van der Waals surface area contributed by atoms with E-state index in [4.69, 9.17) is 9.47 Å². The molecule has 6 heteroatoms. The Morgan fingerprint density at radius 1 is 0.591 bits per heavy atom. The fraction of sp³-hybridized carbons (Fsp3) is 0.875. The third-order valence-corrected chi connectivity index (χ3v) is 5.96. The highest BCUT2D eigenvalue weighted by atomic mass is 33.1. The summed E-state index contributed by atoms with van der Waals surface area (Å²) in [6.07, 6.45) is 9.13. The number of cyclic esters (lactones) is 2. The van der Waals surface area contributed by atoms with E-state index in [9.17, 15) is 9.59 Å². The Morgan fingerprint density at radius 2 is 1.00 bits per heavy atom. The molecule has 1 fully saturated rings. The van der Waals surface area contributed by atoms with Crippen molar-refractivity contribution >= 4 is 33.5 Å². The quantitative estimate of drug-likeness (QED) is 0.479. The van der Waals surface area contributed by atoms with Crippen LogP contribution in [0.1, 0.15) is 64.2 Å². The lowest BCUT2D eigenvalue weighted by Crippen LogP contribution is -2.11. The van der Waals surface area contributed by atoms with Gasteiger partial charge in [-0.25, -0.2) is 0 Å². The smallest absolute Gasteiger partial charge is 0.306 e. The molecule has 0 unspecified atom stereocenters. The SMILES string of the molecule is O=C1CCC(=O)OCCCCCCSSCCCCCCO1. The van der Waals surface area contributed by atoms with Gasteiger partial charge in [-0.3, -0.25) is 9.59 Å². The van der Waals surface area contributed by atoms with Crippen LogP contribution in [0.15, 0.2) is 0 Å². The number of carbonyl (C=O) groups excluding carboxylic acids is 2. The van der Waals surface area contributed by atoms with Gasteiger partial charge in [0.05, 0.1) is 26.1 Å². The van der Waals surface area contributed by atoms with Gasteiger partial charge >= 0.3 is 11.9 Å². The van der Waals surface area contributed by atoms with Crippen LogP contribution in [0.2, 0.25) is 0 Å². The van der Waals surface area contributed by atoms with Crippen LogP contribution < -0.4 is 0 Å². The first kappa shape index (κ1) is 19.7. The van der Waals surface area contributed by atoms with Crippen molar-refractivity contribution in [2.24, 2.45) is 0 Å². The van der Waals surface area contributed by atoms with Crippen molar-refractivity contribution in [1.29, 1.82) is 0 Å². The second-order valence-corrected chi connectivity index (χ2v) is 8.12. The molecule has 1 aliphatic rings. The molecular weight excluding hydrogens is 320 g/mol. The number of hydrogen-bond donors (Lipinski definition) is 0. The molecule has 0 spiro atoms. The molecule has 4 nitrogen and oxygen atoms in total. The van der Waals surface area contributed by atoms with Gasteiger partial charge in [-0.1, -0.05) is 47.3 Å². The van der Waals surface area contributed by atoms with E-state index in [1.165, 1.54) is 37.2 Å². The third kappa shape index (κ3) is 12.2. The molecule has 0 atom stereocenters. The molecule has 0 saturated carbocycles. The lowest BCUT2D eigenvalue weighted by Gasteiger charge is -2.07. The van der Waals surface area contributed by atoms with Crippen LogP contribution in [-0.4, -0.2) is 36.7 Å². The molecule has 0 amide bonds. The Labute approximate surface area is 141 Å². The van der Waals surface area contributed by atoms with Gasteiger partial charge in [0.25, 0.3) is 0 Å². The predicted octanol–water partition coefficient (Wildman–Crippen LogP) is 4.37. The topological polar surface area (TPSA) is 52.6 Å². The van der Waals surface area contributed by atoms with Crippen LogP contribution in [0.5, 0.6) is 0 Å². The molecule has 0 N–H and O–H groups in total. The molecule has 0 aromatic heterocycles. The molecule has 0 aliphatic carbocycles. The third-order valence-electron chi connectivity index (χ3n) is 3.39. The summed E-state index contributed by atoms with van der Waals surface area (Å²) in [6, 6.07) is 0. The van der Waals surface area contributed by atoms with Crippen molar-refractivity contribution < 1.29 is 19.1 Å². The second kappa shape index (κ2) is 14.2. The minimum atomic E-state index is -0.293. The molecule has 0 radical (unpaired) electrons. The average Bonchev–Trinajstić information content (AvgIpc) is 2.51. The minimum absolute atomic E-state index is 0.132. The van der Waals surface area contributed by atoms with E-state index in [1.807, 2.05) is 21.6 Å². The summed E-state index contributed by atoms with van der Waals surface area (Å²) < 4.78 is 10.2. The summed E-state index contributed by atoms with van der Waals surface area (Å²) in [5.41, 5.74) is 0. The van der Waals surface area contributed by atoms with Gasteiger partial charge in [-0.15, -0.1) is 0 Å². The Hall–Kier alpha value is -0.360. The molecule has 1 saturated heterocycles. The number of hydrogen-bond acceptors (Lipinski definition) is 6. The van der Waals surface area contributed by atoms with Gasteiger partial charge in [0.2, 0.25) is 0 Å². The fourth-order valence-corrected chi connectivity index (χ4v) is 4.37. The van der Waals surface area contributed by atoms with Gasteiger partial charge in [0, 0.05) is 11.5 Å².